The van der Waals surface area contributed by atoms with Crippen LogP contribution in [-0.2, 0) is 29.3 Å². The third-order valence-electron chi connectivity index (χ3n) is 3.78. The second kappa shape index (κ2) is 7.53. The Bertz CT molecular complexity index is 988. The highest BCUT2D eigenvalue weighted by Crippen LogP contribution is 2.31. The molecule has 0 amide bonds. The Morgan fingerprint density at radius 3 is 2.44 bits per heavy atom. The van der Waals surface area contributed by atoms with Gasteiger partial charge < -0.3 is 4.42 Å². The predicted molar refractivity (Wildman–Crippen MR) is 90.8 cm³/mol. The van der Waals surface area contributed by atoms with Crippen molar-refractivity contribution >= 4 is 10.0 Å². The van der Waals surface area contributed by atoms with Crippen LogP contribution in [0.4, 0.5) is 13.2 Å². The van der Waals surface area contributed by atoms with Crippen LogP contribution in [0.15, 0.2) is 76.4 Å². The number of hydrogen-bond acceptors (Lipinski definition) is 4. The molecule has 0 fully saturated rings. The van der Waals surface area contributed by atoms with Crippen molar-refractivity contribution in [1.82, 2.24) is 9.29 Å². The first kappa shape index (κ1) is 19.1. The van der Waals surface area contributed by atoms with Crippen molar-refractivity contribution in [1.29, 1.82) is 0 Å². The van der Waals surface area contributed by atoms with E-state index in [0.29, 0.717) is 17.5 Å². The van der Waals surface area contributed by atoms with E-state index in [9.17, 15) is 21.6 Å². The standard InChI is InChI=1S/C18H15F3N2O3S/c19-18(20,21)14-5-3-8-17(11-14)27(24,25)23(13-16-7-4-10-26-16)12-15-6-1-2-9-22-15/h1-11H,12-13H2. The molecule has 3 rings (SSSR count). The maximum absolute atomic E-state index is 13.0. The summed E-state index contributed by atoms with van der Waals surface area (Å²) in [5, 5.41) is 0. The monoisotopic (exact) mass is 396 g/mol. The number of hydrogen-bond donors (Lipinski definition) is 0. The van der Waals surface area contributed by atoms with E-state index in [0.717, 1.165) is 22.5 Å². The van der Waals surface area contributed by atoms with Gasteiger partial charge in [0.25, 0.3) is 0 Å². The molecule has 0 aliphatic rings. The number of rotatable bonds is 6. The Morgan fingerprint density at radius 2 is 1.81 bits per heavy atom. The molecule has 0 saturated carbocycles. The number of nitrogens with zero attached hydrogens (tertiary/aromatic N) is 2. The van der Waals surface area contributed by atoms with Gasteiger partial charge in [0.2, 0.25) is 10.0 Å². The summed E-state index contributed by atoms with van der Waals surface area (Å²) in [7, 11) is -4.22. The maximum Gasteiger partial charge on any atom is 0.416 e. The molecule has 5 nitrogen and oxygen atoms in total. The molecule has 2 heterocycles. The lowest BCUT2D eigenvalue weighted by Gasteiger charge is -2.21. The quantitative estimate of drug-likeness (QED) is 0.630. The average molecular weight is 396 g/mol. The van der Waals surface area contributed by atoms with E-state index in [2.05, 4.69) is 4.98 Å². The molecule has 3 aromatic rings. The zero-order valence-corrected chi connectivity index (χ0v) is 14.7. The van der Waals surface area contributed by atoms with E-state index in [1.54, 1.807) is 30.3 Å². The van der Waals surface area contributed by atoms with Crippen LogP contribution in [0.3, 0.4) is 0 Å². The lowest BCUT2D eigenvalue weighted by atomic mass is 10.2. The van der Waals surface area contributed by atoms with Crippen LogP contribution in [0.25, 0.3) is 0 Å². The Balaban J connectivity index is 1.99. The molecule has 0 unspecified atom stereocenters. The summed E-state index contributed by atoms with van der Waals surface area (Å²) in [6.07, 6.45) is -1.74. The van der Waals surface area contributed by atoms with Gasteiger partial charge in [0, 0.05) is 6.20 Å². The highest BCUT2D eigenvalue weighted by Gasteiger charge is 2.33. The summed E-state index contributed by atoms with van der Waals surface area (Å²) < 4.78 is 71.2. The number of sulfonamides is 1. The zero-order valence-electron chi connectivity index (χ0n) is 13.9. The van der Waals surface area contributed by atoms with Crippen molar-refractivity contribution in [2.24, 2.45) is 0 Å². The highest BCUT2D eigenvalue weighted by molar-refractivity contribution is 7.89. The van der Waals surface area contributed by atoms with Gasteiger partial charge in [-0.25, -0.2) is 8.42 Å². The van der Waals surface area contributed by atoms with Crippen molar-refractivity contribution in [2.45, 2.75) is 24.2 Å². The molecule has 0 spiro atoms. The first-order valence-electron chi connectivity index (χ1n) is 7.86. The molecule has 0 aliphatic heterocycles. The summed E-state index contributed by atoms with van der Waals surface area (Å²) >= 11 is 0. The van der Waals surface area contributed by atoms with Crippen LogP contribution >= 0.6 is 0 Å². The fourth-order valence-electron chi connectivity index (χ4n) is 2.46. The smallest absolute Gasteiger partial charge is 0.416 e. The molecule has 9 heteroatoms. The lowest BCUT2D eigenvalue weighted by molar-refractivity contribution is -0.137. The first-order chi connectivity index (χ1) is 12.8. The third-order valence-corrected chi connectivity index (χ3v) is 5.56. The molecule has 0 saturated heterocycles. The fourth-order valence-corrected chi connectivity index (χ4v) is 3.88. The number of benzene rings is 1. The second-order valence-electron chi connectivity index (χ2n) is 5.70. The number of furan rings is 1. The largest absolute Gasteiger partial charge is 0.468 e. The van der Waals surface area contributed by atoms with Gasteiger partial charge in [-0.3, -0.25) is 4.98 Å². The molecule has 0 bridgehead atoms. The lowest BCUT2D eigenvalue weighted by Crippen LogP contribution is -2.30. The zero-order chi connectivity index (χ0) is 19.5. The molecule has 0 N–H and O–H groups in total. The van der Waals surface area contributed by atoms with Crippen LogP contribution in [0, 0.1) is 0 Å². The van der Waals surface area contributed by atoms with Crippen molar-refractivity contribution in [3.63, 3.8) is 0 Å². The summed E-state index contributed by atoms with van der Waals surface area (Å²) in [6, 6.07) is 11.9. The van der Waals surface area contributed by atoms with Gasteiger partial charge in [0.1, 0.15) is 5.76 Å². The minimum Gasteiger partial charge on any atom is -0.468 e. The summed E-state index contributed by atoms with van der Waals surface area (Å²) in [4.78, 5) is 3.65. The SMILES string of the molecule is O=S(=O)(c1cccc(C(F)(F)F)c1)N(Cc1ccccn1)Cc1ccco1. The Hall–Kier alpha value is -2.65. The van der Waals surface area contributed by atoms with Gasteiger partial charge in [-0.15, -0.1) is 0 Å². The molecule has 0 radical (unpaired) electrons. The van der Waals surface area contributed by atoms with Crippen LogP contribution in [0.1, 0.15) is 17.0 Å². The Morgan fingerprint density at radius 1 is 1.00 bits per heavy atom. The van der Waals surface area contributed by atoms with Gasteiger partial charge in [0.15, 0.2) is 0 Å². The van der Waals surface area contributed by atoms with E-state index in [1.807, 2.05) is 0 Å². The van der Waals surface area contributed by atoms with Crippen molar-refractivity contribution in [2.75, 3.05) is 0 Å². The second-order valence-corrected chi connectivity index (χ2v) is 7.64. The van der Waals surface area contributed by atoms with Gasteiger partial charge in [0.05, 0.1) is 35.5 Å². The summed E-state index contributed by atoms with van der Waals surface area (Å²) in [5.74, 6) is 0.362. The number of halogens is 3. The summed E-state index contributed by atoms with van der Waals surface area (Å²) in [6.45, 7) is -0.248. The number of alkyl halides is 3. The van der Waals surface area contributed by atoms with Crippen molar-refractivity contribution < 1.29 is 26.0 Å². The Labute approximate surface area is 154 Å². The molecular formula is C18H15F3N2O3S. The van der Waals surface area contributed by atoms with Gasteiger partial charge in [-0.05, 0) is 42.5 Å². The highest BCUT2D eigenvalue weighted by atomic mass is 32.2. The van der Waals surface area contributed by atoms with Gasteiger partial charge in [-0.2, -0.15) is 17.5 Å². The van der Waals surface area contributed by atoms with E-state index in [4.69, 9.17) is 4.42 Å². The van der Waals surface area contributed by atoms with Crippen LogP contribution in [0.5, 0.6) is 0 Å². The topological polar surface area (TPSA) is 63.4 Å². The van der Waals surface area contributed by atoms with Crippen LogP contribution in [-0.4, -0.2) is 17.7 Å². The van der Waals surface area contributed by atoms with Crippen molar-refractivity contribution in [3.8, 4) is 0 Å². The molecule has 142 valence electrons. The van der Waals surface area contributed by atoms with Crippen LogP contribution < -0.4 is 0 Å². The molecule has 27 heavy (non-hydrogen) atoms. The molecule has 0 atom stereocenters. The van der Waals surface area contributed by atoms with Crippen molar-refractivity contribution in [3.05, 3.63) is 84.1 Å². The van der Waals surface area contributed by atoms with Gasteiger partial charge >= 0.3 is 6.18 Å². The van der Waals surface area contributed by atoms with E-state index >= 15 is 0 Å². The molecule has 2 aromatic heterocycles. The molecule has 1 aromatic carbocycles. The number of aromatic nitrogens is 1. The molecule has 0 aliphatic carbocycles. The maximum atomic E-state index is 13.0. The van der Waals surface area contributed by atoms with E-state index in [1.165, 1.54) is 12.5 Å². The first-order valence-corrected chi connectivity index (χ1v) is 9.30. The Kier molecular flexibility index (Phi) is 5.33. The minimum absolute atomic E-state index is 0.111. The van der Waals surface area contributed by atoms with E-state index in [-0.39, 0.29) is 13.1 Å². The molecular weight excluding hydrogens is 381 g/mol. The van der Waals surface area contributed by atoms with Gasteiger partial charge in [-0.1, -0.05) is 12.1 Å². The minimum atomic E-state index is -4.64. The number of pyridine rings is 1. The fraction of sp³-hybridized carbons (Fsp3) is 0.167. The normalized spacial score (nSPS) is 12.4. The van der Waals surface area contributed by atoms with Crippen LogP contribution in [0.2, 0.25) is 0 Å². The average Bonchev–Trinajstić information content (AvgIpc) is 3.15. The predicted octanol–water partition coefficient (Wildman–Crippen LogP) is 4.08. The summed E-state index contributed by atoms with van der Waals surface area (Å²) in [5.41, 5.74) is -0.570. The van der Waals surface area contributed by atoms with E-state index < -0.39 is 26.7 Å². The third kappa shape index (κ3) is 4.55.